The predicted octanol–water partition coefficient (Wildman–Crippen LogP) is 5.88. The predicted molar refractivity (Wildman–Crippen MR) is 132 cm³/mol. The van der Waals surface area contributed by atoms with Crippen LogP contribution in [0, 0.1) is 17.7 Å². The van der Waals surface area contributed by atoms with Gasteiger partial charge in [-0.25, -0.2) is 16.8 Å². The first-order valence-corrected chi connectivity index (χ1v) is 15.1. The number of sulfone groups is 2. The van der Waals surface area contributed by atoms with Crippen LogP contribution in [0.1, 0.15) is 11.1 Å². The second kappa shape index (κ2) is 8.48. The largest absolute Gasteiger partial charge is 0.227 e. The maximum absolute atomic E-state index is 13.6. The lowest BCUT2D eigenvalue weighted by atomic mass is 10.2. The molecule has 0 N–H and O–H groups in total. The van der Waals surface area contributed by atoms with E-state index in [2.05, 4.69) is 0 Å². The third-order valence-corrected chi connectivity index (χ3v) is 14.1. The average molecular weight is 507 g/mol. The Bertz CT molecular complexity index is 1510. The number of fused-ring (bicyclic) bond motifs is 1. The van der Waals surface area contributed by atoms with E-state index in [1.807, 2.05) is 38.1 Å². The fourth-order valence-electron chi connectivity index (χ4n) is 2.86. The molecule has 4 rings (SSSR count). The molecule has 0 atom stereocenters. The highest BCUT2D eigenvalue weighted by molar-refractivity contribution is 8.42. The van der Waals surface area contributed by atoms with Crippen molar-refractivity contribution < 1.29 is 16.8 Å². The van der Waals surface area contributed by atoms with Crippen LogP contribution in [0.25, 0.3) is 10.1 Å². The minimum atomic E-state index is -4.28. The van der Waals surface area contributed by atoms with Gasteiger partial charge in [0.05, 0.1) is 9.79 Å². The Morgan fingerprint density at radius 2 is 1.16 bits per heavy atom. The summed E-state index contributed by atoms with van der Waals surface area (Å²) >= 11 is 0. The van der Waals surface area contributed by atoms with Crippen molar-refractivity contribution in [3.05, 3.63) is 87.7 Å². The summed E-state index contributed by atoms with van der Waals surface area (Å²) in [5.74, 6) is 0. The van der Waals surface area contributed by atoms with Gasteiger partial charge in [0.15, 0.2) is 0 Å². The quantitative estimate of drug-likeness (QED) is 0.251. The van der Waals surface area contributed by atoms with Gasteiger partial charge in [0.25, 0.3) is 0 Å². The standard InChI is InChI=1S/C22H18O4S5/c1-15-7-11-17(12-8-15)30(23,24)22(31(25,26)18-13-9-16(2)10-14-18)27-21-19-5-3-4-6-20(19)28-29-21/h3-14H,1-2H3. The van der Waals surface area contributed by atoms with Crippen molar-refractivity contribution in [1.29, 1.82) is 0 Å². The average Bonchev–Trinajstić information content (AvgIpc) is 3.15. The van der Waals surface area contributed by atoms with Crippen LogP contribution in [0.15, 0.2) is 82.6 Å². The number of rotatable bonds is 2. The molecule has 4 aromatic rings. The lowest BCUT2D eigenvalue weighted by Gasteiger charge is -2.09. The first kappa shape index (κ1) is 22.2. The van der Waals surface area contributed by atoms with Crippen LogP contribution in [0.3, 0.4) is 0 Å². The fraction of sp³-hybridized carbons (Fsp3) is 0.0909. The molecule has 0 aliphatic heterocycles. The first-order valence-electron chi connectivity index (χ1n) is 9.19. The van der Waals surface area contributed by atoms with E-state index in [9.17, 15) is 16.8 Å². The SMILES string of the molecule is Cc1ccc(S(=O)(=O)C(=S=c2ssc3ccccc23)S(=O)(=O)c2ccc(C)cc2)cc1. The summed E-state index contributed by atoms with van der Waals surface area (Å²) in [6, 6.07) is 20.0. The zero-order chi connectivity index (χ0) is 22.2. The van der Waals surface area contributed by atoms with Crippen molar-refractivity contribution in [2.45, 2.75) is 23.6 Å². The highest BCUT2D eigenvalue weighted by atomic mass is 32.9. The van der Waals surface area contributed by atoms with E-state index < -0.39 is 23.2 Å². The highest BCUT2D eigenvalue weighted by Crippen LogP contribution is 2.30. The third kappa shape index (κ3) is 4.33. The zero-order valence-corrected chi connectivity index (χ0v) is 20.7. The van der Waals surface area contributed by atoms with Crippen LogP contribution in [-0.2, 0) is 19.7 Å². The molecule has 3 aromatic carbocycles. The Balaban J connectivity index is 2.11. The second-order valence-corrected chi connectivity index (χ2v) is 14.9. The normalized spacial score (nSPS) is 12.1. The summed E-state index contributed by atoms with van der Waals surface area (Å²) in [7, 11) is -4.88. The van der Waals surface area contributed by atoms with Crippen molar-refractivity contribution in [3.63, 3.8) is 0 Å². The van der Waals surface area contributed by atoms with E-state index in [-0.39, 0.29) is 9.79 Å². The minimum absolute atomic E-state index is 0.0409. The Kier molecular flexibility index (Phi) is 6.06. The van der Waals surface area contributed by atoms with Crippen LogP contribution in [0.2, 0.25) is 0 Å². The molecule has 0 aliphatic carbocycles. The fourth-order valence-corrected chi connectivity index (χ4v) is 11.8. The summed E-state index contributed by atoms with van der Waals surface area (Å²) in [4.78, 5) is -0.0818. The van der Waals surface area contributed by atoms with E-state index in [1.54, 1.807) is 24.3 Å². The lowest BCUT2D eigenvalue weighted by molar-refractivity contribution is 0.603. The Labute approximate surface area is 192 Å². The van der Waals surface area contributed by atoms with E-state index >= 15 is 0 Å². The molecule has 1 aromatic heterocycles. The van der Waals surface area contributed by atoms with Gasteiger partial charge >= 0.3 is 0 Å². The topological polar surface area (TPSA) is 68.3 Å². The van der Waals surface area contributed by atoms with Crippen molar-refractivity contribution >= 4 is 64.9 Å². The maximum Gasteiger partial charge on any atom is 0.227 e. The van der Waals surface area contributed by atoms with Gasteiger partial charge in [0.2, 0.25) is 23.2 Å². The molecule has 0 bridgehead atoms. The summed E-state index contributed by atoms with van der Waals surface area (Å²) in [6.07, 6.45) is 0. The van der Waals surface area contributed by atoms with Gasteiger partial charge in [-0.1, -0.05) is 85.2 Å². The summed E-state index contributed by atoms with van der Waals surface area (Å²) in [6.45, 7) is 3.69. The van der Waals surface area contributed by atoms with E-state index in [0.29, 0.717) is 3.82 Å². The zero-order valence-electron chi connectivity index (χ0n) is 16.6. The van der Waals surface area contributed by atoms with Crippen LogP contribution >= 0.6 is 31.6 Å². The summed E-state index contributed by atoms with van der Waals surface area (Å²) < 4.78 is 55.3. The van der Waals surface area contributed by atoms with Gasteiger partial charge in [-0.15, -0.1) is 0 Å². The Morgan fingerprint density at radius 1 is 0.677 bits per heavy atom. The number of benzene rings is 3. The Morgan fingerprint density at radius 3 is 1.68 bits per heavy atom. The maximum atomic E-state index is 13.6. The monoisotopic (exact) mass is 506 g/mol. The minimum Gasteiger partial charge on any atom is -0.217 e. The van der Waals surface area contributed by atoms with Gasteiger partial charge in [-0.05, 0) is 44.2 Å². The van der Waals surface area contributed by atoms with Gasteiger partial charge in [-0.3, -0.25) is 0 Å². The Hall–Kier alpha value is -2.04. The van der Waals surface area contributed by atoms with Gasteiger partial charge in [-0.2, -0.15) is 0 Å². The molecule has 0 saturated carbocycles. The molecular weight excluding hydrogens is 489 g/mol. The molecule has 9 heteroatoms. The number of hydrogen-bond acceptors (Lipinski definition) is 6. The van der Waals surface area contributed by atoms with Crippen LogP contribution in [0.4, 0.5) is 0 Å². The van der Waals surface area contributed by atoms with Crippen LogP contribution in [-0.4, -0.2) is 20.4 Å². The first-order chi connectivity index (χ1) is 14.7. The number of aryl methyl sites for hydroxylation is 2. The van der Waals surface area contributed by atoms with Crippen molar-refractivity contribution in [2.75, 3.05) is 0 Å². The molecule has 0 spiro atoms. The smallest absolute Gasteiger partial charge is 0.217 e. The molecule has 0 fully saturated rings. The molecule has 0 aliphatic rings. The van der Waals surface area contributed by atoms with Crippen LogP contribution < -0.4 is 0 Å². The van der Waals surface area contributed by atoms with Crippen LogP contribution in [0.5, 0.6) is 0 Å². The molecule has 160 valence electrons. The molecule has 0 amide bonds. The van der Waals surface area contributed by atoms with E-state index in [0.717, 1.165) is 32.2 Å². The molecule has 31 heavy (non-hydrogen) atoms. The van der Waals surface area contributed by atoms with Gasteiger partial charge < -0.3 is 0 Å². The second-order valence-electron chi connectivity index (χ2n) is 6.94. The molecule has 1 heterocycles. The summed E-state index contributed by atoms with van der Waals surface area (Å²) in [5, 5.41) is 0.846. The molecule has 0 saturated heterocycles. The van der Waals surface area contributed by atoms with Crippen molar-refractivity contribution in [3.8, 4) is 0 Å². The third-order valence-electron chi connectivity index (χ3n) is 4.59. The van der Waals surface area contributed by atoms with Crippen molar-refractivity contribution in [2.24, 2.45) is 0 Å². The molecule has 4 nitrogen and oxygen atoms in total. The number of hydrogen-bond donors (Lipinski definition) is 0. The van der Waals surface area contributed by atoms with E-state index in [4.69, 9.17) is 0 Å². The van der Waals surface area contributed by atoms with Gasteiger partial charge in [0, 0.05) is 10.1 Å². The lowest BCUT2D eigenvalue weighted by Crippen LogP contribution is -2.23. The summed E-state index contributed by atoms with van der Waals surface area (Å²) in [5.41, 5.74) is 1.78. The molecule has 0 unspecified atom stereocenters. The van der Waals surface area contributed by atoms with Crippen molar-refractivity contribution in [1.82, 2.24) is 0 Å². The molecule has 0 radical (unpaired) electrons. The highest BCUT2D eigenvalue weighted by Gasteiger charge is 2.34. The molecular formula is C22H18O4S5. The van der Waals surface area contributed by atoms with E-state index in [1.165, 1.54) is 44.9 Å². The van der Waals surface area contributed by atoms with Gasteiger partial charge in [0.1, 0.15) is 3.82 Å².